The Kier molecular flexibility index (Phi) is 7.59. The summed E-state index contributed by atoms with van der Waals surface area (Å²) in [6.07, 6.45) is 1.06. The molecular weight excluding hydrogens is 274 g/mol. The van der Waals surface area contributed by atoms with E-state index in [-0.39, 0.29) is 18.3 Å². The van der Waals surface area contributed by atoms with Gasteiger partial charge in [0.2, 0.25) is 5.91 Å². The molecule has 1 amide bonds. The number of carbonyl (C=O) groups is 1. The summed E-state index contributed by atoms with van der Waals surface area (Å²) < 4.78 is 0. The first-order valence-corrected chi connectivity index (χ1v) is 6.98. The predicted octanol–water partition coefficient (Wildman–Crippen LogP) is 1.36. The van der Waals surface area contributed by atoms with Crippen LogP contribution in [0.5, 0.6) is 0 Å². The largest absolute Gasteiger partial charge is 0.340 e. The molecule has 1 aromatic rings. The van der Waals surface area contributed by atoms with E-state index in [0.717, 1.165) is 39.1 Å². The van der Waals surface area contributed by atoms with Crippen molar-refractivity contribution in [3.05, 3.63) is 35.9 Å². The minimum Gasteiger partial charge on any atom is -0.340 e. The zero-order chi connectivity index (χ0) is 13.5. The lowest BCUT2D eigenvalue weighted by Crippen LogP contribution is -2.39. The molecule has 0 unspecified atom stereocenters. The van der Waals surface area contributed by atoms with E-state index in [1.807, 2.05) is 18.0 Å². The fourth-order valence-corrected chi connectivity index (χ4v) is 2.48. The molecule has 0 aromatic heterocycles. The summed E-state index contributed by atoms with van der Waals surface area (Å²) >= 11 is 0. The number of rotatable bonds is 4. The zero-order valence-electron chi connectivity index (χ0n) is 12.0. The van der Waals surface area contributed by atoms with Gasteiger partial charge >= 0.3 is 0 Å². The fraction of sp³-hybridized carbons (Fsp3) is 0.533. The molecular formula is C15H24ClN3O. The highest BCUT2D eigenvalue weighted by Crippen LogP contribution is 2.08. The number of benzene rings is 1. The van der Waals surface area contributed by atoms with E-state index < -0.39 is 0 Å². The Balaban J connectivity index is 0.00000200. The summed E-state index contributed by atoms with van der Waals surface area (Å²) in [4.78, 5) is 16.3. The van der Waals surface area contributed by atoms with Gasteiger partial charge in [-0.3, -0.25) is 9.69 Å². The normalized spacial score (nSPS) is 16.4. The molecule has 0 spiro atoms. The molecule has 20 heavy (non-hydrogen) atoms. The summed E-state index contributed by atoms with van der Waals surface area (Å²) in [5, 5.41) is 2.93. The lowest BCUT2D eigenvalue weighted by atomic mass is 10.2. The van der Waals surface area contributed by atoms with Gasteiger partial charge < -0.3 is 10.2 Å². The van der Waals surface area contributed by atoms with Crippen molar-refractivity contribution in [2.45, 2.75) is 13.0 Å². The summed E-state index contributed by atoms with van der Waals surface area (Å²) in [5.74, 6) is 0.212. The zero-order valence-corrected chi connectivity index (χ0v) is 12.9. The van der Waals surface area contributed by atoms with Crippen LogP contribution in [0.1, 0.15) is 12.0 Å². The number of nitrogens with one attached hydrogen (secondary N) is 1. The maximum atomic E-state index is 11.9. The molecule has 1 aliphatic rings. The molecule has 0 bridgehead atoms. The Morgan fingerprint density at radius 3 is 2.60 bits per heavy atom. The third kappa shape index (κ3) is 5.12. The van der Waals surface area contributed by atoms with E-state index in [0.29, 0.717) is 6.54 Å². The maximum absolute atomic E-state index is 11.9. The lowest BCUT2D eigenvalue weighted by molar-refractivity contribution is -0.130. The monoisotopic (exact) mass is 297 g/mol. The van der Waals surface area contributed by atoms with Crippen LogP contribution in [-0.4, -0.2) is 55.5 Å². The second-order valence-electron chi connectivity index (χ2n) is 5.03. The summed E-state index contributed by atoms with van der Waals surface area (Å²) in [7, 11) is 1.82. The van der Waals surface area contributed by atoms with Gasteiger partial charge in [-0.05, 0) is 19.0 Å². The van der Waals surface area contributed by atoms with E-state index in [4.69, 9.17) is 0 Å². The minimum atomic E-state index is 0. The lowest BCUT2D eigenvalue weighted by Gasteiger charge is -2.22. The van der Waals surface area contributed by atoms with Crippen molar-refractivity contribution in [1.29, 1.82) is 0 Å². The molecule has 2 rings (SSSR count). The quantitative estimate of drug-likeness (QED) is 0.911. The smallest absolute Gasteiger partial charge is 0.236 e. The van der Waals surface area contributed by atoms with Crippen LogP contribution >= 0.6 is 12.4 Å². The average molecular weight is 298 g/mol. The first-order valence-electron chi connectivity index (χ1n) is 6.98. The molecule has 1 fully saturated rings. The standard InChI is InChI=1S/C15H23N3O.ClH/c1-16-12-15(19)18-9-5-8-17(10-11-18)13-14-6-3-2-4-7-14;/h2-4,6-7,16H,5,8-13H2,1H3;1H. The van der Waals surface area contributed by atoms with E-state index in [2.05, 4.69) is 34.5 Å². The molecule has 0 saturated carbocycles. The van der Waals surface area contributed by atoms with Crippen molar-refractivity contribution in [3.63, 3.8) is 0 Å². The molecule has 0 atom stereocenters. The van der Waals surface area contributed by atoms with Crippen molar-refractivity contribution < 1.29 is 4.79 Å². The van der Waals surface area contributed by atoms with E-state index in [1.165, 1.54) is 5.56 Å². The molecule has 1 heterocycles. The van der Waals surface area contributed by atoms with Crippen molar-refractivity contribution in [2.24, 2.45) is 0 Å². The first kappa shape index (κ1) is 17.0. The van der Waals surface area contributed by atoms with Crippen molar-refractivity contribution in [1.82, 2.24) is 15.1 Å². The molecule has 4 nitrogen and oxygen atoms in total. The molecule has 0 radical (unpaired) electrons. The van der Waals surface area contributed by atoms with Crippen molar-refractivity contribution in [3.8, 4) is 0 Å². The third-order valence-corrected chi connectivity index (χ3v) is 3.52. The molecule has 1 aromatic carbocycles. The molecule has 112 valence electrons. The van der Waals surface area contributed by atoms with Gasteiger partial charge in [0.15, 0.2) is 0 Å². The second kappa shape index (κ2) is 8.95. The third-order valence-electron chi connectivity index (χ3n) is 3.52. The van der Waals surface area contributed by atoms with Gasteiger partial charge in [-0.15, -0.1) is 12.4 Å². The number of hydrogen-bond acceptors (Lipinski definition) is 3. The average Bonchev–Trinajstić information content (AvgIpc) is 2.66. The molecule has 0 aliphatic carbocycles. The Hall–Kier alpha value is -1.10. The van der Waals surface area contributed by atoms with Crippen LogP contribution < -0.4 is 5.32 Å². The van der Waals surface area contributed by atoms with E-state index >= 15 is 0 Å². The number of carbonyl (C=O) groups excluding carboxylic acids is 1. The second-order valence-corrected chi connectivity index (χ2v) is 5.03. The molecule has 5 heteroatoms. The van der Waals surface area contributed by atoms with Crippen LogP contribution in [0.3, 0.4) is 0 Å². The maximum Gasteiger partial charge on any atom is 0.236 e. The highest BCUT2D eigenvalue weighted by Gasteiger charge is 2.18. The van der Waals surface area contributed by atoms with E-state index in [1.54, 1.807) is 0 Å². The highest BCUT2D eigenvalue weighted by molar-refractivity contribution is 5.85. The summed E-state index contributed by atoms with van der Waals surface area (Å²) in [6.45, 7) is 5.18. The highest BCUT2D eigenvalue weighted by atomic mass is 35.5. The fourth-order valence-electron chi connectivity index (χ4n) is 2.48. The SMILES string of the molecule is CNCC(=O)N1CCCN(Cc2ccccc2)CC1.Cl. The Morgan fingerprint density at radius 1 is 1.15 bits per heavy atom. The number of halogens is 1. The Labute approximate surface area is 127 Å². The molecule has 1 saturated heterocycles. The van der Waals surface area contributed by atoms with Gasteiger partial charge in [0.05, 0.1) is 6.54 Å². The number of amides is 1. The van der Waals surface area contributed by atoms with Crippen LogP contribution in [0.15, 0.2) is 30.3 Å². The van der Waals surface area contributed by atoms with Gasteiger partial charge in [-0.1, -0.05) is 30.3 Å². The molecule has 1 aliphatic heterocycles. The van der Waals surface area contributed by atoms with Gasteiger partial charge in [0.25, 0.3) is 0 Å². The predicted molar refractivity (Wildman–Crippen MR) is 84.1 cm³/mol. The van der Waals surface area contributed by atoms with E-state index in [9.17, 15) is 4.79 Å². The summed E-state index contributed by atoms with van der Waals surface area (Å²) in [5.41, 5.74) is 1.34. The Bertz CT molecular complexity index is 399. The topological polar surface area (TPSA) is 35.6 Å². The minimum absolute atomic E-state index is 0. The van der Waals surface area contributed by atoms with Crippen LogP contribution in [0, 0.1) is 0 Å². The number of nitrogens with zero attached hydrogens (tertiary/aromatic N) is 2. The van der Waals surface area contributed by atoms with Crippen LogP contribution in [-0.2, 0) is 11.3 Å². The summed E-state index contributed by atoms with van der Waals surface area (Å²) in [6, 6.07) is 10.5. The van der Waals surface area contributed by atoms with Gasteiger partial charge in [0.1, 0.15) is 0 Å². The van der Waals surface area contributed by atoms with Crippen LogP contribution in [0.2, 0.25) is 0 Å². The first-order chi connectivity index (χ1) is 9.29. The van der Waals surface area contributed by atoms with Crippen molar-refractivity contribution in [2.75, 3.05) is 39.8 Å². The van der Waals surface area contributed by atoms with Gasteiger partial charge in [-0.25, -0.2) is 0 Å². The van der Waals surface area contributed by atoms with Crippen molar-refractivity contribution >= 4 is 18.3 Å². The van der Waals surface area contributed by atoms with Crippen LogP contribution in [0.25, 0.3) is 0 Å². The number of likely N-dealkylation sites (N-methyl/N-ethyl adjacent to an activating group) is 1. The molecule has 1 N–H and O–H groups in total. The van der Waals surface area contributed by atoms with Gasteiger partial charge in [-0.2, -0.15) is 0 Å². The Morgan fingerprint density at radius 2 is 1.90 bits per heavy atom. The van der Waals surface area contributed by atoms with Gasteiger partial charge in [0, 0.05) is 32.7 Å². The number of hydrogen-bond donors (Lipinski definition) is 1. The van der Waals surface area contributed by atoms with Crippen LogP contribution in [0.4, 0.5) is 0 Å².